The van der Waals surface area contributed by atoms with Gasteiger partial charge in [0.15, 0.2) is 5.56 Å². The third-order valence-electron chi connectivity index (χ3n) is 6.04. The van der Waals surface area contributed by atoms with Gasteiger partial charge in [0.25, 0.3) is 11.5 Å². The van der Waals surface area contributed by atoms with Crippen molar-refractivity contribution >= 4 is 17.5 Å². The molecule has 0 radical (unpaired) electrons. The summed E-state index contributed by atoms with van der Waals surface area (Å²) in [6, 6.07) is 6.99. The summed E-state index contributed by atoms with van der Waals surface area (Å²) in [4.78, 5) is 31.8. The van der Waals surface area contributed by atoms with E-state index in [1.165, 1.54) is 0 Å². The van der Waals surface area contributed by atoms with Crippen molar-refractivity contribution in [2.24, 2.45) is 5.92 Å². The van der Waals surface area contributed by atoms with Gasteiger partial charge >= 0.3 is 0 Å². The molecule has 2 heterocycles. The molecule has 0 saturated carbocycles. The molecule has 1 saturated heterocycles. The van der Waals surface area contributed by atoms with E-state index in [1.807, 2.05) is 25.1 Å². The third-order valence-corrected chi connectivity index (χ3v) is 6.38. The normalized spacial score (nSPS) is 17.3. The van der Waals surface area contributed by atoms with Gasteiger partial charge in [0.05, 0.1) is 6.04 Å². The number of carbonyl (C=O) groups excluding carboxylic acids is 1. The summed E-state index contributed by atoms with van der Waals surface area (Å²) in [6.45, 7) is 7.23. The van der Waals surface area contributed by atoms with Crippen molar-refractivity contribution in [2.45, 2.75) is 58.9 Å². The molecule has 1 unspecified atom stereocenters. The van der Waals surface area contributed by atoms with E-state index in [-0.39, 0.29) is 17.5 Å². The maximum Gasteiger partial charge on any atom is 0.289 e. The van der Waals surface area contributed by atoms with Gasteiger partial charge in [-0.2, -0.15) is 4.98 Å². The molecule has 1 amide bonds. The molecule has 162 valence electrons. The van der Waals surface area contributed by atoms with Crippen LogP contribution in [-0.2, 0) is 6.42 Å². The molecular formula is C23H30ClN3O3. The van der Waals surface area contributed by atoms with Gasteiger partial charge in [0.1, 0.15) is 5.82 Å². The van der Waals surface area contributed by atoms with Crippen LogP contribution in [-0.4, -0.2) is 38.6 Å². The van der Waals surface area contributed by atoms with Crippen molar-refractivity contribution in [2.75, 3.05) is 13.1 Å². The number of aromatic nitrogens is 2. The third kappa shape index (κ3) is 4.38. The van der Waals surface area contributed by atoms with Crippen molar-refractivity contribution in [3.05, 3.63) is 56.6 Å². The standard InChI is InChI=1S/C23H30ClN3O3/c1-4-6-11-19-25-21(28)20(22(29)26-13-12-16(5-2)14-26)23(30)27(19)15(3)17-9-7-8-10-18(17)24/h7-10,15-16,30H,4-6,11-14H2,1-3H3/t15?,16-/m1/s1. The zero-order valence-electron chi connectivity index (χ0n) is 17.9. The number of nitrogens with zero attached hydrogens (tertiary/aromatic N) is 3. The highest BCUT2D eigenvalue weighted by Gasteiger charge is 2.32. The Labute approximate surface area is 182 Å². The lowest BCUT2D eigenvalue weighted by atomic mass is 10.1. The molecule has 1 fully saturated rings. The highest BCUT2D eigenvalue weighted by molar-refractivity contribution is 6.31. The van der Waals surface area contributed by atoms with Crippen LogP contribution in [0.15, 0.2) is 29.1 Å². The van der Waals surface area contributed by atoms with Crippen LogP contribution < -0.4 is 5.56 Å². The number of benzene rings is 1. The van der Waals surface area contributed by atoms with Gasteiger partial charge in [-0.15, -0.1) is 0 Å². The summed E-state index contributed by atoms with van der Waals surface area (Å²) >= 11 is 6.39. The van der Waals surface area contributed by atoms with E-state index in [0.717, 1.165) is 31.2 Å². The Balaban J connectivity index is 2.09. The fraction of sp³-hybridized carbons (Fsp3) is 0.522. The van der Waals surface area contributed by atoms with Crippen LogP contribution >= 0.6 is 11.6 Å². The largest absolute Gasteiger partial charge is 0.494 e. The summed E-state index contributed by atoms with van der Waals surface area (Å²) in [5, 5.41) is 11.7. The first-order chi connectivity index (χ1) is 14.4. The van der Waals surface area contributed by atoms with Crippen molar-refractivity contribution in [3.8, 4) is 5.88 Å². The number of hydrogen-bond donors (Lipinski definition) is 1. The molecule has 0 aliphatic carbocycles. The second-order valence-corrected chi connectivity index (χ2v) is 8.42. The summed E-state index contributed by atoms with van der Waals surface area (Å²) in [6.07, 6.45) is 4.17. The number of unbranched alkanes of at least 4 members (excludes halogenated alkanes) is 1. The van der Waals surface area contributed by atoms with Gasteiger partial charge in [-0.05, 0) is 37.3 Å². The zero-order valence-corrected chi connectivity index (χ0v) is 18.7. The Morgan fingerprint density at radius 3 is 2.70 bits per heavy atom. The number of aromatic hydroxyl groups is 1. The van der Waals surface area contributed by atoms with E-state index in [1.54, 1.807) is 15.5 Å². The topological polar surface area (TPSA) is 75.4 Å². The highest BCUT2D eigenvalue weighted by Crippen LogP contribution is 2.32. The smallest absolute Gasteiger partial charge is 0.289 e. The minimum absolute atomic E-state index is 0.245. The number of aryl methyl sites for hydroxylation is 1. The lowest BCUT2D eigenvalue weighted by Gasteiger charge is -2.25. The first-order valence-electron chi connectivity index (χ1n) is 10.8. The van der Waals surface area contributed by atoms with Gasteiger partial charge in [0.2, 0.25) is 5.88 Å². The van der Waals surface area contributed by atoms with Gasteiger partial charge in [0, 0.05) is 24.5 Å². The van der Waals surface area contributed by atoms with E-state index in [4.69, 9.17) is 11.6 Å². The zero-order chi connectivity index (χ0) is 21.8. The molecule has 0 bridgehead atoms. The van der Waals surface area contributed by atoms with Crippen LogP contribution in [0.4, 0.5) is 0 Å². The Bertz CT molecular complexity index is 973. The molecule has 3 rings (SSSR count). The minimum Gasteiger partial charge on any atom is -0.494 e. The Morgan fingerprint density at radius 2 is 2.07 bits per heavy atom. The fourth-order valence-corrected chi connectivity index (χ4v) is 4.43. The number of halogens is 1. The van der Waals surface area contributed by atoms with E-state index in [2.05, 4.69) is 18.8 Å². The fourth-order valence-electron chi connectivity index (χ4n) is 4.13. The van der Waals surface area contributed by atoms with E-state index < -0.39 is 11.5 Å². The number of amides is 1. The van der Waals surface area contributed by atoms with Crippen LogP contribution in [0.25, 0.3) is 0 Å². The summed E-state index contributed by atoms with van der Waals surface area (Å²) in [7, 11) is 0. The predicted molar refractivity (Wildman–Crippen MR) is 118 cm³/mol. The average molecular weight is 432 g/mol. The summed E-state index contributed by atoms with van der Waals surface area (Å²) < 4.78 is 1.60. The lowest BCUT2D eigenvalue weighted by molar-refractivity contribution is 0.0779. The van der Waals surface area contributed by atoms with Crippen LogP contribution in [0.2, 0.25) is 5.02 Å². The molecule has 7 heteroatoms. The second kappa shape index (κ2) is 9.65. The number of carbonyl (C=O) groups is 1. The quantitative estimate of drug-likeness (QED) is 0.703. The van der Waals surface area contributed by atoms with Crippen LogP contribution in [0.3, 0.4) is 0 Å². The van der Waals surface area contributed by atoms with E-state index >= 15 is 0 Å². The maximum absolute atomic E-state index is 13.1. The molecule has 1 aromatic heterocycles. The molecular weight excluding hydrogens is 402 g/mol. The van der Waals surface area contributed by atoms with Crippen LogP contribution in [0.5, 0.6) is 5.88 Å². The summed E-state index contributed by atoms with van der Waals surface area (Å²) in [5.41, 5.74) is -0.111. The Morgan fingerprint density at radius 1 is 1.33 bits per heavy atom. The Kier molecular flexibility index (Phi) is 7.19. The first kappa shape index (κ1) is 22.3. The molecule has 1 aromatic carbocycles. The number of likely N-dealkylation sites (tertiary alicyclic amines) is 1. The number of hydrogen-bond acceptors (Lipinski definition) is 4. The predicted octanol–water partition coefficient (Wildman–Crippen LogP) is 4.43. The maximum atomic E-state index is 13.1. The molecule has 2 atom stereocenters. The van der Waals surface area contributed by atoms with Gasteiger partial charge in [-0.3, -0.25) is 14.2 Å². The highest BCUT2D eigenvalue weighted by atomic mass is 35.5. The van der Waals surface area contributed by atoms with Gasteiger partial charge < -0.3 is 10.0 Å². The second-order valence-electron chi connectivity index (χ2n) is 8.02. The van der Waals surface area contributed by atoms with Crippen molar-refractivity contribution in [1.82, 2.24) is 14.5 Å². The van der Waals surface area contributed by atoms with Gasteiger partial charge in [-0.1, -0.05) is 56.5 Å². The van der Waals surface area contributed by atoms with Crippen molar-refractivity contribution in [3.63, 3.8) is 0 Å². The molecule has 1 aliphatic rings. The number of rotatable bonds is 7. The Hall–Kier alpha value is -2.34. The average Bonchev–Trinajstić information content (AvgIpc) is 3.21. The summed E-state index contributed by atoms with van der Waals surface area (Å²) in [5.74, 6) is 0.134. The van der Waals surface area contributed by atoms with E-state index in [9.17, 15) is 14.7 Å². The molecule has 0 spiro atoms. The van der Waals surface area contributed by atoms with Crippen molar-refractivity contribution < 1.29 is 9.90 Å². The monoisotopic (exact) mass is 431 g/mol. The van der Waals surface area contributed by atoms with E-state index in [0.29, 0.717) is 36.3 Å². The molecule has 2 aromatic rings. The molecule has 6 nitrogen and oxygen atoms in total. The van der Waals surface area contributed by atoms with Crippen LogP contribution in [0, 0.1) is 5.92 Å². The molecule has 30 heavy (non-hydrogen) atoms. The van der Waals surface area contributed by atoms with Crippen LogP contribution in [0.1, 0.15) is 74.2 Å². The first-order valence-corrected chi connectivity index (χ1v) is 11.1. The van der Waals surface area contributed by atoms with Crippen molar-refractivity contribution in [1.29, 1.82) is 0 Å². The van der Waals surface area contributed by atoms with Gasteiger partial charge in [-0.25, -0.2) is 0 Å². The molecule has 1 N–H and O–H groups in total. The SMILES string of the molecule is CCCCc1nc(=O)c(C(=O)N2CC[C@@H](CC)C2)c(O)n1C(C)c1ccccc1Cl. The lowest BCUT2D eigenvalue weighted by Crippen LogP contribution is -2.35. The molecule has 1 aliphatic heterocycles. The minimum atomic E-state index is -0.661.